The molecule has 2 aliphatic rings. The van der Waals surface area contributed by atoms with Crippen molar-refractivity contribution in [1.29, 1.82) is 0 Å². The Morgan fingerprint density at radius 3 is 2.57 bits per heavy atom. The number of carboxylic acids is 1. The third-order valence-corrected chi connectivity index (χ3v) is 5.49. The van der Waals surface area contributed by atoms with Crippen LogP contribution in [0, 0.1) is 29.4 Å². The number of nitrogens with zero attached hydrogens (tertiary/aromatic N) is 1. The van der Waals surface area contributed by atoms with Crippen molar-refractivity contribution in [2.75, 3.05) is 18.8 Å². The molecule has 23 heavy (non-hydrogen) atoms. The van der Waals surface area contributed by atoms with Crippen molar-refractivity contribution in [3.05, 3.63) is 29.8 Å². The van der Waals surface area contributed by atoms with Gasteiger partial charge in [0.1, 0.15) is 0 Å². The summed E-state index contributed by atoms with van der Waals surface area (Å²) in [6.07, 6.45) is 2.08. The van der Waals surface area contributed by atoms with Crippen LogP contribution in [0.3, 0.4) is 0 Å². The lowest BCUT2D eigenvalue weighted by molar-refractivity contribution is -0.142. The number of benzene rings is 1. The van der Waals surface area contributed by atoms with Gasteiger partial charge in [0.05, 0.1) is 11.7 Å². The lowest BCUT2D eigenvalue weighted by Gasteiger charge is -2.16. The number of hydrogen-bond acceptors (Lipinski definition) is 3. The van der Waals surface area contributed by atoms with Crippen LogP contribution in [0.4, 0.5) is 8.78 Å². The molecule has 0 aromatic heterocycles. The number of amides is 1. The van der Waals surface area contributed by atoms with Crippen molar-refractivity contribution in [2.45, 2.75) is 17.7 Å². The fraction of sp³-hybridized carbons (Fsp3) is 0.500. The molecule has 1 saturated heterocycles. The molecule has 1 aromatic rings. The zero-order chi connectivity index (χ0) is 16.6. The molecule has 124 valence electrons. The van der Waals surface area contributed by atoms with E-state index < -0.39 is 23.5 Å². The van der Waals surface area contributed by atoms with E-state index in [-0.39, 0.29) is 24.1 Å². The summed E-state index contributed by atoms with van der Waals surface area (Å²) in [5, 5.41) is 9.30. The maximum absolute atomic E-state index is 13.1. The van der Waals surface area contributed by atoms with Crippen molar-refractivity contribution >= 4 is 23.6 Å². The van der Waals surface area contributed by atoms with Crippen LogP contribution in [0.15, 0.2) is 23.1 Å². The van der Waals surface area contributed by atoms with Crippen molar-refractivity contribution in [3.63, 3.8) is 0 Å². The molecule has 3 rings (SSSR count). The number of carboxylic acid groups (broad SMARTS) is 1. The van der Waals surface area contributed by atoms with E-state index in [1.165, 1.54) is 6.07 Å². The van der Waals surface area contributed by atoms with Crippen molar-refractivity contribution in [2.24, 2.45) is 17.8 Å². The molecular formula is C16H17F2NO3S. The molecule has 0 bridgehead atoms. The number of hydrogen-bond donors (Lipinski definition) is 1. The van der Waals surface area contributed by atoms with Gasteiger partial charge in [0, 0.05) is 18.0 Å². The van der Waals surface area contributed by atoms with E-state index in [0.29, 0.717) is 17.4 Å². The highest BCUT2D eigenvalue weighted by atomic mass is 32.2. The topological polar surface area (TPSA) is 57.6 Å². The average molecular weight is 341 g/mol. The van der Waals surface area contributed by atoms with Gasteiger partial charge in [-0.2, -0.15) is 0 Å². The Balaban J connectivity index is 1.58. The monoisotopic (exact) mass is 341 g/mol. The standard InChI is InChI=1S/C16H17F2NO3S/c17-13-4-3-10(5-14(13)18)23-8-15(20)19-6-11(9-1-2-9)12(7-19)16(21)22/h3-5,9,11-12H,1-2,6-8H2,(H,21,22)/t11-,12+/m1/s1. The number of thioether (sulfide) groups is 1. The minimum atomic E-state index is -0.941. The fourth-order valence-electron chi connectivity index (χ4n) is 3.10. The van der Waals surface area contributed by atoms with Crippen LogP contribution >= 0.6 is 11.8 Å². The van der Waals surface area contributed by atoms with Gasteiger partial charge < -0.3 is 10.0 Å². The molecule has 0 radical (unpaired) electrons. The number of halogens is 2. The van der Waals surface area contributed by atoms with Crippen LogP contribution in [0.1, 0.15) is 12.8 Å². The predicted octanol–water partition coefficient (Wildman–Crippen LogP) is 2.63. The average Bonchev–Trinajstić information content (AvgIpc) is 3.26. The fourth-order valence-corrected chi connectivity index (χ4v) is 3.92. The highest BCUT2D eigenvalue weighted by Crippen LogP contribution is 2.44. The van der Waals surface area contributed by atoms with Gasteiger partial charge in [-0.25, -0.2) is 8.78 Å². The molecule has 1 saturated carbocycles. The Morgan fingerprint density at radius 2 is 1.96 bits per heavy atom. The molecule has 2 fully saturated rings. The van der Waals surface area contributed by atoms with Gasteiger partial charge in [0.2, 0.25) is 5.91 Å². The Labute approximate surface area is 136 Å². The third-order valence-electron chi connectivity index (χ3n) is 4.52. The summed E-state index contributed by atoms with van der Waals surface area (Å²) in [6, 6.07) is 3.51. The molecule has 0 spiro atoms. The highest BCUT2D eigenvalue weighted by molar-refractivity contribution is 8.00. The van der Waals surface area contributed by atoms with Gasteiger partial charge in [-0.05, 0) is 42.9 Å². The van der Waals surface area contributed by atoms with E-state index in [4.69, 9.17) is 0 Å². The van der Waals surface area contributed by atoms with Crippen LogP contribution in [0.2, 0.25) is 0 Å². The van der Waals surface area contributed by atoms with E-state index in [0.717, 1.165) is 36.7 Å². The summed E-state index contributed by atoms with van der Waals surface area (Å²) in [7, 11) is 0. The molecule has 0 unspecified atom stereocenters. The summed E-state index contributed by atoms with van der Waals surface area (Å²) < 4.78 is 26.0. The van der Waals surface area contributed by atoms with E-state index in [1.54, 1.807) is 4.90 Å². The number of aliphatic carboxylic acids is 1. The molecule has 1 aliphatic carbocycles. The quantitative estimate of drug-likeness (QED) is 0.837. The van der Waals surface area contributed by atoms with Crippen molar-refractivity contribution < 1.29 is 23.5 Å². The Morgan fingerprint density at radius 1 is 1.22 bits per heavy atom. The number of carbonyl (C=O) groups excluding carboxylic acids is 1. The third kappa shape index (κ3) is 3.65. The largest absolute Gasteiger partial charge is 0.481 e. The molecule has 1 heterocycles. The summed E-state index contributed by atoms with van der Waals surface area (Å²) in [5.41, 5.74) is 0. The first-order valence-electron chi connectivity index (χ1n) is 7.54. The van der Waals surface area contributed by atoms with Gasteiger partial charge in [-0.3, -0.25) is 9.59 Å². The number of rotatable bonds is 5. The second-order valence-electron chi connectivity index (χ2n) is 6.11. The van der Waals surface area contributed by atoms with E-state index in [1.807, 2.05) is 0 Å². The van der Waals surface area contributed by atoms with Crippen molar-refractivity contribution in [3.8, 4) is 0 Å². The molecule has 7 heteroatoms. The highest BCUT2D eigenvalue weighted by Gasteiger charge is 2.46. The molecular weight excluding hydrogens is 324 g/mol. The first-order valence-corrected chi connectivity index (χ1v) is 8.52. The first kappa shape index (κ1) is 16.2. The second kappa shape index (κ2) is 6.47. The van der Waals surface area contributed by atoms with Gasteiger partial charge in [-0.1, -0.05) is 0 Å². The van der Waals surface area contributed by atoms with Crippen molar-refractivity contribution in [1.82, 2.24) is 4.90 Å². The minimum Gasteiger partial charge on any atom is -0.481 e. The van der Waals surface area contributed by atoms with Gasteiger partial charge in [0.15, 0.2) is 11.6 Å². The normalized spacial score (nSPS) is 24.0. The predicted molar refractivity (Wildman–Crippen MR) is 81.0 cm³/mol. The van der Waals surface area contributed by atoms with Gasteiger partial charge in [-0.15, -0.1) is 11.8 Å². The maximum Gasteiger partial charge on any atom is 0.308 e. The van der Waals surface area contributed by atoms with E-state index in [9.17, 15) is 23.5 Å². The van der Waals surface area contributed by atoms with Crippen LogP contribution in [0.25, 0.3) is 0 Å². The molecule has 1 amide bonds. The van der Waals surface area contributed by atoms with E-state index in [2.05, 4.69) is 0 Å². The molecule has 1 aliphatic heterocycles. The zero-order valence-corrected chi connectivity index (χ0v) is 13.2. The molecule has 1 N–H and O–H groups in total. The summed E-state index contributed by atoms with van der Waals surface area (Å²) in [4.78, 5) is 25.7. The van der Waals surface area contributed by atoms with Gasteiger partial charge in [0.25, 0.3) is 0 Å². The smallest absolute Gasteiger partial charge is 0.308 e. The summed E-state index contributed by atoms with van der Waals surface area (Å²) in [6.45, 7) is 0.729. The minimum absolute atomic E-state index is 0.0460. The molecule has 1 aromatic carbocycles. The lowest BCUT2D eigenvalue weighted by atomic mass is 9.92. The summed E-state index contributed by atoms with van der Waals surface area (Å²) >= 11 is 1.13. The maximum atomic E-state index is 13.1. The molecule has 4 nitrogen and oxygen atoms in total. The second-order valence-corrected chi connectivity index (χ2v) is 7.16. The number of carbonyl (C=O) groups is 2. The van der Waals surface area contributed by atoms with Crippen LogP contribution in [0.5, 0.6) is 0 Å². The molecule has 2 atom stereocenters. The van der Waals surface area contributed by atoms with E-state index >= 15 is 0 Å². The summed E-state index contributed by atoms with van der Waals surface area (Å²) in [5.74, 6) is -2.79. The van der Waals surface area contributed by atoms with Crippen LogP contribution in [-0.2, 0) is 9.59 Å². The van der Waals surface area contributed by atoms with Crippen LogP contribution in [-0.4, -0.2) is 40.7 Å². The Bertz CT molecular complexity index is 636. The Kier molecular flexibility index (Phi) is 4.57. The van der Waals surface area contributed by atoms with Gasteiger partial charge >= 0.3 is 5.97 Å². The van der Waals surface area contributed by atoms with Crippen LogP contribution < -0.4 is 0 Å². The SMILES string of the molecule is O=C(O)[C@H]1CN(C(=O)CSc2ccc(F)c(F)c2)C[C@@H]1C1CC1. The first-order chi connectivity index (χ1) is 11.0. The zero-order valence-electron chi connectivity index (χ0n) is 12.4. The number of likely N-dealkylation sites (tertiary alicyclic amines) is 1. The Hall–Kier alpha value is -1.63. The lowest BCUT2D eigenvalue weighted by Crippen LogP contribution is -2.31.